The smallest absolute Gasteiger partial charge is 0.355 e. The number of nitrogens with zero attached hydrogens (tertiary/aromatic N) is 2. The van der Waals surface area contributed by atoms with Crippen molar-refractivity contribution in [2.75, 3.05) is 6.26 Å². The van der Waals surface area contributed by atoms with E-state index in [4.69, 9.17) is 5.26 Å². The minimum absolute atomic E-state index is 0.140. The van der Waals surface area contributed by atoms with Crippen LogP contribution in [-0.4, -0.2) is 26.7 Å². The van der Waals surface area contributed by atoms with Crippen LogP contribution in [0.2, 0.25) is 0 Å². The van der Waals surface area contributed by atoms with Gasteiger partial charge in [0.15, 0.2) is 0 Å². The van der Waals surface area contributed by atoms with Crippen LogP contribution in [0.25, 0.3) is 0 Å². The number of halogens is 3. The second-order valence-electron chi connectivity index (χ2n) is 3.81. The molecule has 1 N–H and O–H groups in total. The van der Waals surface area contributed by atoms with Crippen molar-refractivity contribution in [2.45, 2.75) is 12.6 Å². The van der Waals surface area contributed by atoms with Crippen molar-refractivity contribution >= 4 is 16.0 Å². The van der Waals surface area contributed by atoms with Crippen molar-refractivity contribution < 1.29 is 25.8 Å². The van der Waals surface area contributed by atoms with E-state index < -0.39 is 28.1 Å². The highest BCUT2D eigenvalue weighted by Crippen LogP contribution is 2.20. The van der Waals surface area contributed by atoms with Crippen LogP contribution in [0.1, 0.15) is 6.42 Å². The fraction of sp³-hybridized carbons (Fsp3) is 0.400. The molecule has 0 fully saturated rings. The molecule has 20 heavy (non-hydrogen) atoms. The van der Waals surface area contributed by atoms with Crippen LogP contribution < -0.4 is 5.43 Å². The molecule has 6 nitrogen and oxygen atoms in total. The number of hydrazone groups is 1. The Balaban J connectivity index is 2.91. The van der Waals surface area contributed by atoms with Gasteiger partial charge in [-0.3, -0.25) is 5.43 Å². The van der Waals surface area contributed by atoms with Gasteiger partial charge in [0, 0.05) is 0 Å². The quantitative estimate of drug-likeness (QED) is 0.368. The normalized spacial score (nSPS) is 20.1. The molecular formula is C10H10F3N3O3S. The zero-order valence-corrected chi connectivity index (χ0v) is 11.0. The highest BCUT2D eigenvalue weighted by atomic mass is 32.2. The van der Waals surface area contributed by atoms with Gasteiger partial charge in [-0.05, 0) is 18.6 Å². The first-order chi connectivity index (χ1) is 9.12. The van der Waals surface area contributed by atoms with Crippen molar-refractivity contribution in [2.24, 2.45) is 11.0 Å². The zero-order chi connectivity index (χ0) is 15.4. The molecule has 1 aliphatic rings. The van der Waals surface area contributed by atoms with Crippen molar-refractivity contribution in [3.63, 3.8) is 0 Å². The van der Waals surface area contributed by atoms with Crippen LogP contribution in [0.15, 0.2) is 29.0 Å². The largest absolute Gasteiger partial charge is 0.471 e. The zero-order valence-electron chi connectivity index (χ0n) is 10.2. The average molecular weight is 309 g/mol. The number of allylic oxidation sites excluding steroid dienone is 3. The van der Waals surface area contributed by atoms with Gasteiger partial charge >= 0.3 is 22.2 Å². The lowest BCUT2D eigenvalue weighted by molar-refractivity contribution is -0.0711. The lowest BCUT2D eigenvalue weighted by Gasteiger charge is -2.12. The minimum atomic E-state index is -5.07. The Morgan fingerprint density at radius 3 is 2.75 bits per heavy atom. The minimum Gasteiger partial charge on any atom is -0.355 e. The summed E-state index contributed by atoms with van der Waals surface area (Å²) in [5, 5.41) is 11.6. The van der Waals surface area contributed by atoms with Gasteiger partial charge in [-0.25, -0.2) is 0 Å². The first kappa shape index (κ1) is 16.0. The van der Waals surface area contributed by atoms with Gasteiger partial charge in [0.25, 0.3) is 0 Å². The van der Waals surface area contributed by atoms with Gasteiger partial charge in [-0.2, -0.15) is 26.9 Å². The van der Waals surface area contributed by atoms with Crippen LogP contribution in [0.4, 0.5) is 13.2 Å². The Labute approximate surface area is 113 Å². The predicted octanol–water partition coefficient (Wildman–Crippen LogP) is 1.41. The maximum absolute atomic E-state index is 12.5. The van der Waals surface area contributed by atoms with Gasteiger partial charge in [0.2, 0.25) is 0 Å². The van der Waals surface area contributed by atoms with Crippen molar-refractivity contribution in [3.05, 3.63) is 23.9 Å². The van der Waals surface area contributed by atoms with Crippen LogP contribution in [0.5, 0.6) is 0 Å². The first-order valence-electron chi connectivity index (χ1n) is 5.20. The summed E-state index contributed by atoms with van der Waals surface area (Å²) in [6, 6.07) is 1.92. The van der Waals surface area contributed by atoms with Gasteiger partial charge in [0.1, 0.15) is 0 Å². The van der Waals surface area contributed by atoms with Crippen LogP contribution in [0.3, 0.4) is 0 Å². The number of hydrogen-bond acceptors (Lipinski definition) is 6. The molecular weight excluding hydrogens is 299 g/mol. The van der Waals surface area contributed by atoms with Gasteiger partial charge in [0.05, 0.1) is 23.9 Å². The van der Waals surface area contributed by atoms with Crippen molar-refractivity contribution in [3.8, 4) is 6.07 Å². The van der Waals surface area contributed by atoms with E-state index in [0.29, 0.717) is 12.7 Å². The van der Waals surface area contributed by atoms with Crippen LogP contribution in [-0.2, 0) is 14.3 Å². The molecule has 1 rings (SSSR count). The van der Waals surface area contributed by atoms with Gasteiger partial charge in [-0.15, -0.1) is 5.10 Å². The number of rotatable bonds is 3. The van der Waals surface area contributed by atoms with E-state index >= 15 is 0 Å². The molecule has 10 heteroatoms. The molecule has 110 valence electrons. The topological polar surface area (TPSA) is 91.6 Å². The predicted molar refractivity (Wildman–Crippen MR) is 63.5 cm³/mol. The third kappa shape index (κ3) is 5.31. The third-order valence-electron chi connectivity index (χ3n) is 1.99. The molecule has 0 bridgehead atoms. The summed E-state index contributed by atoms with van der Waals surface area (Å²) >= 11 is 0. The lowest BCUT2D eigenvalue weighted by atomic mass is 10.0. The lowest BCUT2D eigenvalue weighted by Crippen LogP contribution is -2.30. The summed E-state index contributed by atoms with van der Waals surface area (Å²) in [7, 11) is -4.36. The molecule has 0 aromatic carbocycles. The van der Waals surface area contributed by atoms with Gasteiger partial charge in [-0.1, -0.05) is 6.08 Å². The highest BCUT2D eigenvalue weighted by molar-refractivity contribution is 7.86. The van der Waals surface area contributed by atoms with E-state index in [1.807, 2.05) is 11.5 Å². The molecule has 1 aliphatic carbocycles. The summed E-state index contributed by atoms with van der Waals surface area (Å²) in [4.78, 5) is 0. The molecule has 0 aromatic heterocycles. The molecule has 0 amide bonds. The third-order valence-corrected chi connectivity index (χ3v) is 2.45. The summed E-state index contributed by atoms with van der Waals surface area (Å²) < 4.78 is 62.7. The van der Waals surface area contributed by atoms with Crippen molar-refractivity contribution in [1.82, 2.24) is 5.43 Å². The average Bonchev–Trinajstić information content (AvgIpc) is 2.32. The van der Waals surface area contributed by atoms with E-state index in [1.54, 1.807) is 6.08 Å². The van der Waals surface area contributed by atoms with E-state index in [1.165, 1.54) is 12.2 Å². The number of nitrogens with one attached hydrogen (secondary N) is 1. The first-order valence-corrected chi connectivity index (χ1v) is 7.02. The summed E-state index contributed by atoms with van der Waals surface area (Å²) in [5.74, 6) is -2.42. The van der Waals surface area contributed by atoms with E-state index in [2.05, 4.69) is 9.28 Å². The highest BCUT2D eigenvalue weighted by Gasteiger charge is 2.41. The second-order valence-corrected chi connectivity index (χ2v) is 5.38. The van der Waals surface area contributed by atoms with Gasteiger partial charge < -0.3 is 4.18 Å². The number of nitriles is 1. The standard InChI is InChI=1S/C10H10F3N3O3S/c1-20(17,18)19-9(10(11,12)13)16-15-8-4-2-3-7(5-8)6-14/h2,4-5,7,15H,3H2,1H3/b16-9-. The molecule has 0 aromatic rings. The Morgan fingerprint density at radius 2 is 2.25 bits per heavy atom. The van der Waals surface area contributed by atoms with E-state index in [-0.39, 0.29) is 5.70 Å². The van der Waals surface area contributed by atoms with Crippen LogP contribution >= 0.6 is 0 Å². The molecule has 1 atom stereocenters. The Bertz CT molecular complexity index is 599. The second kappa shape index (κ2) is 5.96. The molecule has 0 saturated heterocycles. The maximum Gasteiger partial charge on any atom is 0.471 e. The molecule has 0 spiro atoms. The molecule has 0 aliphatic heterocycles. The fourth-order valence-electron chi connectivity index (χ4n) is 1.23. The fourth-order valence-corrected chi connectivity index (χ4v) is 1.65. The Morgan fingerprint density at radius 1 is 1.60 bits per heavy atom. The molecule has 1 unspecified atom stereocenters. The summed E-state index contributed by atoms with van der Waals surface area (Å²) in [6.07, 6.45) is 0.223. The molecule has 0 saturated carbocycles. The van der Waals surface area contributed by atoms with E-state index in [0.717, 1.165) is 0 Å². The van der Waals surface area contributed by atoms with E-state index in [9.17, 15) is 21.6 Å². The summed E-state index contributed by atoms with van der Waals surface area (Å²) in [5.41, 5.74) is 2.16. The monoisotopic (exact) mass is 309 g/mol. The molecule has 0 heterocycles. The van der Waals surface area contributed by atoms with Crippen LogP contribution in [0, 0.1) is 17.2 Å². The Kier molecular flexibility index (Phi) is 4.78. The molecule has 0 radical (unpaired) electrons. The number of hydrogen-bond donors (Lipinski definition) is 1. The maximum atomic E-state index is 12.5. The summed E-state index contributed by atoms with van der Waals surface area (Å²) in [6.45, 7) is 0. The SMILES string of the molecule is CS(=O)(=O)O/C(=N\NC1=CC(C#N)CC=C1)C(F)(F)F. The van der Waals surface area contributed by atoms with Crippen molar-refractivity contribution in [1.29, 1.82) is 5.26 Å². The Hall–Kier alpha value is -2.02. The number of alkyl halides is 3.